The number of hydrogen-bond acceptors (Lipinski definition) is 2. The Balaban J connectivity index is 2.73. The lowest BCUT2D eigenvalue weighted by Gasteiger charge is -2.17. The fraction of sp³-hybridized carbons (Fsp3) is 0.412. The van der Waals surface area contributed by atoms with Crippen LogP contribution in [0.2, 0.25) is 0 Å². The maximum atomic E-state index is 12.7. The van der Waals surface area contributed by atoms with Gasteiger partial charge in [0.2, 0.25) is 0 Å². The van der Waals surface area contributed by atoms with Crippen LogP contribution >= 0.6 is 0 Å². The molecule has 0 N–H and O–H groups in total. The molecule has 1 aromatic carbocycles. The number of carbonyl (C=O) groups is 1. The molecule has 4 nitrogen and oxygen atoms in total. The van der Waals surface area contributed by atoms with Gasteiger partial charge < -0.3 is 9.47 Å². The van der Waals surface area contributed by atoms with Crippen molar-refractivity contribution in [3.05, 3.63) is 45.9 Å². The van der Waals surface area contributed by atoms with Gasteiger partial charge in [-0.2, -0.15) is 0 Å². The molecule has 4 heteroatoms. The number of nitrogens with zero attached hydrogens (tertiary/aromatic N) is 2. The topological polar surface area (TPSA) is 42.3 Å². The molecule has 1 heterocycles. The van der Waals surface area contributed by atoms with Gasteiger partial charge in [0.15, 0.2) is 0 Å². The third-order valence-corrected chi connectivity index (χ3v) is 3.63. The predicted molar refractivity (Wildman–Crippen MR) is 85.9 cm³/mol. The average Bonchev–Trinajstić information content (AvgIpc) is 2.46. The molecule has 0 aliphatic heterocycles. The number of aromatic nitrogens is 1. The molecule has 0 saturated carbocycles. The van der Waals surface area contributed by atoms with Gasteiger partial charge in [0.05, 0.1) is 0 Å². The first-order chi connectivity index (χ1) is 9.95. The van der Waals surface area contributed by atoms with E-state index >= 15 is 0 Å². The highest BCUT2D eigenvalue weighted by Gasteiger charge is 2.16. The third-order valence-electron chi connectivity index (χ3n) is 3.63. The van der Waals surface area contributed by atoms with Crippen molar-refractivity contribution >= 4 is 16.7 Å². The van der Waals surface area contributed by atoms with Gasteiger partial charge in [-0.15, -0.1) is 0 Å². The molecule has 0 aliphatic carbocycles. The second-order valence-corrected chi connectivity index (χ2v) is 5.63. The number of pyridine rings is 1. The van der Waals surface area contributed by atoms with Gasteiger partial charge in [0, 0.05) is 26.0 Å². The van der Waals surface area contributed by atoms with Crippen LogP contribution in [0.5, 0.6) is 0 Å². The van der Waals surface area contributed by atoms with Crippen LogP contribution < -0.4 is 5.56 Å². The first-order valence-electron chi connectivity index (χ1n) is 7.31. The minimum atomic E-state index is -0.134. The maximum absolute atomic E-state index is 12.7. The molecular weight excluding hydrogens is 264 g/mol. The minimum Gasteiger partial charge on any atom is -0.343 e. The Morgan fingerprint density at radius 1 is 1.24 bits per heavy atom. The molecule has 2 rings (SSSR count). The summed E-state index contributed by atoms with van der Waals surface area (Å²) in [5, 5.41) is 1.50. The summed E-state index contributed by atoms with van der Waals surface area (Å²) in [6.45, 7) is 4.62. The quantitative estimate of drug-likeness (QED) is 0.867. The molecule has 0 bridgehead atoms. The van der Waals surface area contributed by atoms with Crippen LogP contribution in [0.15, 0.2) is 29.1 Å². The first kappa shape index (κ1) is 15.3. The molecule has 0 radical (unpaired) electrons. The number of amides is 1. The molecule has 0 unspecified atom stereocenters. The number of benzene rings is 1. The van der Waals surface area contributed by atoms with E-state index in [0.29, 0.717) is 17.6 Å². The third kappa shape index (κ3) is 2.99. The molecular formula is C17H22N2O2. The fourth-order valence-electron chi connectivity index (χ4n) is 2.41. The van der Waals surface area contributed by atoms with E-state index in [0.717, 1.165) is 23.8 Å². The van der Waals surface area contributed by atoms with Crippen molar-refractivity contribution in [3.8, 4) is 0 Å². The van der Waals surface area contributed by atoms with Crippen molar-refractivity contribution < 1.29 is 4.79 Å². The number of fused-ring (bicyclic) bond motifs is 1. The van der Waals surface area contributed by atoms with Crippen molar-refractivity contribution in [2.24, 2.45) is 0 Å². The van der Waals surface area contributed by atoms with Crippen LogP contribution in [-0.4, -0.2) is 29.5 Å². The summed E-state index contributed by atoms with van der Waals surface area (Å²) in [4.78, 5) is 26.6. The number of carbonyl (C=O) groups excluding carboxylic acids is 1. The summed E-state index contributed by atoms with van der Waals surface area (Å²) < 4.78 is 1.62. The van der Waals surface area contributed by atoms with Gasteiger partial charge in [-0.1, -0.05) is 31.0 Å². The largest absolute Gasteiger partial charge is 0.343 e. The highest BCUT2D eigenvalue weighted by molar-refractivity contribution is 5.96. The minimum absolute atomic E-state index is 0.0742. The van der Waals surface area contributed by atoms with E-state index in [9.17, 15) is 9.59 Å². The summed E-state index contributed by atoms with van der Waals surface area (Å²) >= 11 is 0. The molecule has 1 aromatic heterocycles. The van der Waals surface area contributed by atoms with Crippen LogP contribution in [0.4, 0.5) is 0 Å². The maximum Gasteiger partial charge on any atom is 0.270 e. The van der Waals surface area contributed by atoms with Crippen LogP contribution in [0, 0.1) is 6.92 Å². The zero-order valence-electron chi connectivity index (χ0n) is 13.1. The van der Waals surface area contributed by atoms with Crippen molar-refractivity contribution in [1.29, 1.82) is 0 Å². The van der Waals surface area contributed by atoms with Crippen LogP contribution in [0.1, 0.15) is 35.8 Å². The smallest absolute Gasteiger partial charge is 0.270 e. The molecule has 112 valence electrons. The molecule has 1 amide bonds. The molecule has 0 spiro atoms. The number of unbranched alkanes of at least 4 members (excludes halogenated alkanes) is 1. The van der Waals surface area contributed by atoms with E-state index in [1.165, 1.54) is 4.90 Å². The fourth-order valence-corrected chi connectivity index (χ4v) is 2.41. The monoisotopic (exact) mass is 286 g/mol. The Kier molecular flexibility index (Phi) is 4.46. The highest BCUT2D eigenvalue weighted by atomic mass is 16.2. The summed E-state index contributed by atoms with van der Waals surface area (Å²) in [5.74, 6) is -0.134. The molecule has 0 atom stereocenters. The summed E-state index contributed by atoms with van der Waals surface area (Å²) in [6, 6.07) is 7.59. The van der Waals surface area contributed by atoms with Crippen molar-refractivity contribution in [2.75, 3.05) is 14.1 Å². The Bertz CT molecular complexity index is 729. The van der Waals surface area contributed by atoms with Crippen molar-refractivity contribution in [2.45, 2.75) is 33.2 Å². The summed E-state index contributed by atoms with van der Waals surface area (Å²) in [6.07, 6.45) is 1.86. The second-order valence-electron chi connectivity index (χ2n) is 5.63. The molecule has 0 fully saturated rings. The number of rotatable bonds is 4. The molecule has 2 aromatic rings. The van der Waals surface area contributed by atoms with E-state index in [1.54, 1.807) is 18.7 Å². The molecule has 21 heavy (non-hydrogen) atoms. The van der Waals surface area contributed by atoms with Crippen LogP contribution in [0.3, 0.4) is 0 Å². The van der Waals surface area contributed by atoms with E-state index in [1.807, 2.05) is 31.2 Å². The Hall–Kier alpha value is -2.10. The van der Waals surface area contributed by atoms with E-state index < -0.39 is 0 Å². The Morgan fingerprint density at radius 2 is 1.95 bits per heavy atom. The summed E-state index contributed by atoms with van der Waals surface area (Å²) in [7, 11) is 3.41. The van der Waals surface area contributed by atoms with E-state index in [-0.39, 0.29) is 11.5 Å². The summed E-state index contributed by atoms with van der Waals surface area (Å²) in [5.41, 5.74) is 1.44. The highest BCUT2D eigenvalue weighted by Crippen LogP contribution is 2.16. The van der Waals surface area contributed by atoms with Gasteiger partial charge >= 0.3 is 0 Å². The first-order valence-corrected chi connectivity index (χ1v) is 7.31. The van der Waals surface area contributed by atoms with Gasteiger partial charge in [0.25, 0.3) is 11.5 Å². The predicted octanol–water partition coefficient (Wildman–Crippen LogP) is 2.81. The lowest BCUT2D eigenvalue weighted by Crippen LogP contribution is -2.32. The van der Waals surface area contributed by atoms with Crippen LogP contribution in [0.25, 0.3) is 10.8 Å². The Morgan fingerprint density at radius 3 is 2.57 bits per heavy atom. The van der Waals surface area contributed by atoms with E-state index in [2.05, 4.69) is 6.92 Å². The van der Waals surface area contributed by atoms with Crippen molar-refractivity contribution in [1.82, 2.24) is 9.47 Å². The lowest BCUT2D eigenvalue weighted by molar-refractivity contribution is 0.0815. The van der Waals surface area contributed by atoms with Gasteiger partial charge in [0.1, 0.15) is 5.69 Å². The van der Waals surface area contributed by atoms with Crippen LogP contribution in [-0.2, 0) is 6.54 Å². The lowest BCUT2D eigenvalue weighted by atomic mass is 10.1. The SMILES string of the molecule is CCCCn1c(C(=O)N(C)C)cc2ccc(C)cc2c1=O. The van der Waals surface area contributed by atoms with E-state index in [4.69, 9.17) is 0 Å². The van der Waals surface area contributed by atoms with Gasteiger partial charge in [-0.3, -0.25) is 9.59 Å². The Labute approximate surface area is 125 Å². The van der Waals surface area contributed by atoms with Gasteiger partial charge in [-0.25, -0.2) is 0 Å². The number of hydrogen-bond donors (Lipinski definition) is 0. The number of aryl methyl sites for hydroxylation is 1. The molecule has 0 saturated heterocycles. The average molecular weight is 286 g/mol. The van der Waals surface area contributed by atoms with Gasteiger partial charge in [-0.05, 0) is 30.9 Å². The normalized spacial score (nSPS) is 10.9. The standard InChI is InChI=1S/C17H22N2O2/c1-5-6-9-19-15(17(21)18(3)4)11-13-8-7-12(2)10-14(13)16(19)20/h7-8,10-11H,5-6,9H2,1-4H3. The zero-order valence-corrected chi connectivity index (χ0v) is 13.1. The zero-order chi connectivity index (χ0) is 15.6. The van der Waals surface area contributed by atoms with Crippen molar-refractivity contribution in [3.63, 3.8) is 0 Å². The second kappa shape index (κ2) is 6.12. The molecule has 0 aliphatic rings.